The number of nitrogens with zero attached hydrogens (tertiary/aromatic N) is 1. The highest BCUT2D eigenvalue weighted by Gasteiger charge is 2.10. The third-order valence-electron chi connectivity index (χ3n) is 2.73. The van der Waals surface area contributed by atoms with Crippen molar-refractivity contribution in [3.8, 4) is 11.5 Å². The molecular weight excluding hydrogens is 296 g/mol. The molecule has 0 bridgehead atoms. The topological polar surface area (TPSA) is 80.7 Å². The van der Waals surface area contributed by atoms with Gasteiger partial charge in [-0.25, -0.2) is 9.78 Å². The number of aromatic carboxylic acids is 1. The largest absolute Gasteiger partial charge is 0.493 e. The first-order valence-corrected chi connectivity index (χ1v) is 6.31. The third-order valence-corrected chi connectivity index (χ3v) is 3.02. The Bertz CT molecular complexity index is 676. The molecule has 0 aliphatic heterocycles. The smallest absolute Gasteiger partial charge is 0.337 e. The normalized spacial score (nSPS) is 10.0. The van der Waals surface area contributed by atoms with Crippen LogP contribution >= 0.6 is 11.6 Å². The highest BCUT2D eigenvalue weighted by molar-refractivity contribution is 6.33. The average molecular weight is 309 g/mol. The maximum atomic E-state index is 10.8. The van der Waals surface area contributed by atoms with E-state index in [0.717, 1.165) is 0 Å². The second kappa shape index (κ2) is 6.32. The van der Waals surface area contributed by atoms with Crippen molar-refractivity contribution in [1.29, 1.82) is 0 Å². The molecule has 0 aliphatic rings. The van der Waals surface area contributed by atoms with Crippen LogP contribution in [-0.4, -0.2) is 30.3 Å². The molecule has 6 nitrogen and oxygen atoms in total. The summed E-state index contributed by atoms with van der Waals surface area (Å²) in [5, 5.41) is 12.1. The molecular formula is C14H13ClN2O4. The number of benzene rings is 1. The number of carboxylic acid groups (broad SMARTS) is 1. The van der Waals surface area contributed by atoms with Crippen molar-refractivity contribution in [2.75, 3.05) is 19.5 Å². The monoisotopic (exact) mass is 308 g/mol. The van der Waals surface area contributed by atoms with E-state index in [4.69, 9.17) is 26.2 Å². The lowest BCUT2D eigenvalue weighted by Crippen LogP contribution is -2.01. The summed E-state index contributed by atoms with van der Waals surface area (Å²) in [6.45, 7) is 0. The Hall–Kier alpha value is -2.47. The van der Waals surface area contributed by atoms with Gasteiger partial charge in [0.2, 0.25) is 0 Å². The zero-order valence-electron chi connectivity index (χ0n) is 11.4. The molecule has 0 atom stereocenters. The van der Waals surface area contributed by atoms with E-state index in [1.165, 1.54) is 19.4 Å². The Morgan fingerprint density at radius 1 is 1.24 bits per heavy atom. The molecule has 0 radical (unpaired) electrons. The summed E-state index contributed by atoms with van der Waals surface area (Å²) in [6.07, 6.45) is 1.23. The van der Waals surface area contributed by atoms with Gasteiger partial charge < -0.3 is 19.9 Å². The van der Waals surface area contributed by atoms with Gasteiger partial charge in [-0.2, -0.15) is 0 Å². The van der Waals surface area contributed by atoms with Crippen LogP contribution in [0.3, 0.4) is 0 Å². The number of hydrogen-bond donors (Lipinski definition) is 2. The fourth-order valence-corrected chi connectivity index (χ4v) is 1.91. The highest BCUT2D eigenvalue weighted by Crippen LogP contribution is 2.32. The number of hydrogen-bond acceptors (Lipinski definition) is 5. The molecule has 1 aromatic heterocycles. The Morgan fingerprint density at radius 3 is 2.52 bits per heavy atom. The minimum Gasteiger partial charge on any atom is -0.493 e. The molecule has 2 rings (SSSR count). The molecule has 21 heavy (non-hydrogen) atoms. The van der Waals surface area contributed by atoms with Crippen molar-refractivity contribution in [2.45, 2.75) is 0 Å². The van der Waals surface area contributed by atoms with Gasteiger partial charge in [0.15, 0.2) is 11.5 Å². The lowest BCUT2D eigenvalue weighted by Gasteiger charge is -2.11. The third kappa shape index (κ3) is 3.35. The molecule has 1 heterocycles. The summed E-state index contributed by atoms with van der Waals surface area (Å²) < 4.78 is 10.3. The van der Waals surface area contributed by atoms with Crippen LogP contribution in [0.25, 0.3) is 0 Å². The van der Waals surface area contributed by atoms with Crippen LogP contribution < -0.4 is 14.8 Å². The summed E-state index contributed by atoms with van der Waals surface area (Å²) in [7, 11) is 3.09. The molecule has 2 N–H and O–H groups in total. The Balaban J connectivity index is 2.28. The fraction of sp³-hybridized carbons (Fsp3) is 0.143. The number of aromatic nitrogens is 1. The van der Waals surface area contributed by atoms with E-state index in [0.29, 0.717) is 23.0 Å². The lowest BCUT2D eigenvalue weighted by atomic mass is 10.2. The number of anilines is 2. The van der Waals surface area contributed by atoms with E-state index in [9.17, 15) is 4.79 Å². The maximum absolute atomic E-state index is 10.8. The Labute approximate surface area is 126 Å². The first-order chi connectivity index (χ1) is 10.0. The number of halogens is 1. The van der Waals surface area contributed by atoms with Crippen molar-refractivity contribution in [1.82, 2.24) is 4.98 Å². The quantitative estimate of drug-likeness (QED) is 0.883. The zero-order chi connectivity index (χ0) is 15.4. The van der Waals surface area contributed by atoms with Gasteiger partial charge >= 0.3 is 5.97 Å². The number of carboxylic acids is 1. The van der Waals surface area contributed by atoms with Gasteiger partial charge in [0.25, 0.3) is 0 Å². The van der Waals surface area contributed by atoms with Crippen molar-refractivity contribution in [3.05, 3.63) is 41.0 Å². The Kier molecular flexibility index (Phi) is 4.49. The second-order valence-electron chi connectivity index (χ2n) is 4.05. The summed E-state index contributed by atoms with van der Waals surface area (Å²) in [5.74, 6) is 0.431. The van der Waals surface area contributed by atoms with Gasteiger partial charge in [-0.3, -0.25) is 0 Å². The first-order valence-electron chi connectivity index (χ1n) is 5.93. The van der Waals surface area contributed by atoms with Gasteiger partial charge in [-0.1, -0.05) is 11.6 Å². The summed E-state index contributed by atoms with van der Waals surface area (Å²) in [6, 6.07) is 6.56. The van der Waals surface area contributed by atoms with Gasteiger partial charge in [-0.05, 0) is 18.2 Å². The lowest BCUT2D eigenvalue weighted by molar-refractivity contribution is 0.0696. The molecule has 0 saturated carbocycles. The summed E-state index contributed by atoms with van der Waals surface area (Å²) in [5.41, 5.74) is 0.711. The molecule has 7 heteroatoms. The SMILES string of the molecule is COc1ccc(Nc2ncc(C(=O)O)cc2Cl)cc1OC. The van der Waals surface area contributed by atoms with Crippen LogP contribution in [0.1, 0.15) is 10.4 Å². The van der Waals surface area contributed by atoms with E-state index in [-0.39, 0.29) is 10.6 Å². The number of ether oxygens (including phenoxy) is 2. The van der Waals surface area contributed by atoms with Crippen LogP contribution in [0.15, 0.2) is 30.5 Å². The first kappa shape index (κ1) is 14.9. The second-order valence-corrected chi connectivity index (χ2v) is 4.46. The summed E-state index contributed by atoms with van der Waals surface area (Å²) in [4.78, 5) is 14.8. The predicted molar refractivity (Wildman–Crippen MR) is 79.0 cm³/mol. The number of pyridine rings is 1. The molecule has 0 spiro atoms. The van der Waals surface area contributed by atoms with Crippen molar-refractivity contribution < 1.29 is 19.4 Å². The molecule has 0 saturated heterocycles. The number of carbonyl (C=O) groups is 1. The van der Waals surface area contributed by atoms with E-state index < -0.39 is 5.97 Å². The van der Waals surface area contributed by atoms with Gasteiger partial charge in [0, 0.05) is 18.0 Å². The summed E-state index contributed by atoms with van der Waals surface area (Å²) >= 11 is 6.01. The Morgan fingerprint density at radius 2 is 1.95 bits per heavy atom. The van der Waals surface area contributed by atoms with Gasteiger partial charge in [0.1, 0.15) is 5.82 Å². The minimum atomic E-state index is -1.08. The standard InChI is InChI=1S/C14H13ClN2O4/c1-20-11-4-3-9(6-12(11)21-2)17-13-10(15)5-8(7-16-13)14(18)19/h3-7H,1-2H3,(H,16,17)(H,18,19). The zero-order valence-corrected chi connectivity index (χ0v) is 12.1. The number of methoxy groups -OCH3 is 2. The predicted octanol–water partition coefficient (Wildman–Crippen LogP) is 3.19. The molecule has 1 aromatic carbocycles. The number of rotatable bonds is 5. The van der Waals surface area contributed by atoms with Gasteiger partial charge in [-0.15, -0.1) is 0 Å². The molecule has 0 fully saturated rings. The highest BCUT2D eigenvalue weighted by atomic mass is 35.5. The molecule has 2 aromatic rings. The van der Waals surface area contributed by atoms with Crippen LogP contribution in [-0.2, 0) is 0 Å². The van der Waals surface area contributed by atoms with E-state index in [1.54, 1.807) is 25.3 Å². The van der Waals surface area contributed by atoms with Crippen LogP contribution in [0.4, 0.5) is 11.5 Å². The maximum Gasteiger partial charge on any atom is 0.337 e. The van der Waals surface area contributed by atoms with E-state index in [2.05, 4.69) is 10.3 Å². The number of nitrogens with one attached hydrogen (secondary N) is 1. The van der Waals surface area contributed by atoms with Crippen molar-refractivity contribution in [3.63, 3.8) is 0 Å². The van der Waals surface area contributed by atoms with Gasteiger partial charge in [0.05, 0.1) is 24.8 Å². The minimum absolute atomic E-state index is 0.0258. The van der Waals surface area contributed by atoms with Crippen LogP contribution in [0.2, 0.25) is 5.02 Å². The fourth-order valence-electron chi connectivity index (χ4n) is 1.70. The van der Waals surface area contributed by atoms with E-state index >= 15 is 0 Å². The van der Waals surface area contributed by atoms with E-state index in [1.807, 2.05) is 0 Å². The van der Waals surface area contributed by atoms with Crippen molar-refractivity contribution in [2.24, 2.45) is 0 Å². The average Bonchev–Trinajstić information content (AvgIpc) is 2.48. The molecule has 0 aliphatic carbocycles. The van der Waals surface area contributed by atoms with Crippen molar-refractivity contribution >= 4 is 29.1 Å². The van der Waals surface area contributed by atoms with Crippen LogP contribution in [0.5, 0.6) is 11.5 Å². The molecule has 0 amide bonds. The molecule has 0 unspecified atom stereocenters. The van der Waals surface area contributed by atoms with Crippen LogP contribution in [0, 0.1) is 0 Å². The molecule has 110 valence electrons.